The van der Waals surface area contributed by atoms with Crippen molar-refractivity contribution >= 4 is 11.5 Å². The van der Waals surface area contributed by atoms with Crippen LogP contribution in [0.5, 0.6) is 0 Å². The second-order valence-electron chi connectivity index (χ2n) is 2.93. The Morgan fingerprint density at radius 2 is 2.08 bits per heavy atom. The normalized spacial score (nSPS) is 16.3. The fourth-order valence-corrected chi connectivity index (χ4v) is 1.31. The van der Waals surface area contributed by atoms with Crippen LogP contribution in [-0.2, 0) is 4.79 Å². The summed E-state index contributed by atoms with van der Waals surface area (Å²) >= 11 is 0. The lowest BCUT2D eigenvalue weighted by molar-refractivity contribution is -0.114. The lowest BCUT2D eigenvalue weighted by Gasteiger charge is -2.22. The van der Waals surface area contributed by atoms with Crippen LogP contribution < -0.4 is 4.90 Å². The van der Waals surface area contributed by atoms with Crippen LogP contribution in [-0.4, -0.2) is 17.3 Å². The second kappa shape index (κ2) is 3.39. The molecule has 66 valence electrons. The van der Waals surface area contributed by atoms with E-state index in [0.717, 1.165) is 12.2 Å². The molecule has 0 bridgehead atoms. The molecule has 0 unspecified atom stereocenters. The first-order valence-electron chi connectivity index (χ1n) is 4.24. The third-order valence-electron chi connectivity index (χ3n) is 2.03. The summed E-state index contributed by atoms with van der Waals surface area (Å²) in [5.41, 5.74) is 1.08. The average Bonchev–Trinajstić information content (AvgIpc) is 2.20. The van der Waals surface area contributed by atoms with Gasteiger partial charge in [0.2, 0.25) is 0 Å². The largest absolute Gasteiger partial charge is 0.347 e. The minimum absolute atomic E-state index is 0.199. The molecule has 0 radical (unpaired) electrons. The number of allylic oxidation sites excluding steroid dienone is 1. The minimum Gasteiger partial charge on any atom is -0.347 e. The Morgan fingerprint density at radius 3 is 2.69 bits per heavy atom. The van der Waals surface area contributed by atoms with Gasteiger partial charge in [-0.3, -0.25) is 9.78 Å². The highest BCUT2D eigenvalue weighted by Crippen LogP contribution is 2.15. The maximum Gasteiger partial charge on any atom is 0.158 e. The average molecular weight is 174 g/mol. The molecule has 0 saturated carbocycles. The van der Waals surface area contributed by atoms with Gasteiger partial charge in [0, 0.05) is 37.2 Å². The summed E-state index contributed by atoms with van der Waals surface area (Å²) in [4.78, 5) is 16.9. The van der Waals surface area contributed by atoms with Crippen molar-refractivity contribution in [2.75, 3.05) is 11.4 Å². The van der Waals surface area contributed by atoms with Crippen molar-refractivity contribution in [2.45, 2.75) is 6.42 Å². The number of rotatable bonds is 1. The van der Waals surface area contributed by atoms with Crippen LogP contribution in [0.2, 0.25) is 0 Å². The molecule has 0 atom stereocenters. The molecule has 0 saturated heterocycles. The monoisotopic (exact) mass is 174 g/mol. The molecule has 3 nitrogen and oxygen atoms in total. The molecule has 0 N–H and O–H groups in total. The van der Waals surface area contributed by atoms with Crippen LogP contribution in [0, 0.1) is 0 Å². The van der Waals surface area contributed by atoms with Crippen molar-refractivity contribution < 1.29 is 4.79 Å². The molecule has 1 aliphatic heterocycles. The molecule has 0 fully saturated rings. The minimum atomic E-state index is 0.199. The lowest BCUT2D eigenvalue weighted by Crippen LogP contribution is -2.23. The first-order chi connectivity index (χ1) is 6.36. The molecule has 0 amide bonds. The molecule has 0 aliphatic carbocycles. The van der Waals surface area contributed by atoms with Gasteiger partial charge in [0.25, 0.3) is 0 Å². The van der Waals surface area contributed by atoms with E-state index in [-0.39, 0.29) is 5.78 Å². The van der Waals surface area contributed by atoms with E-state index in [0.29, 0.717) is 6.42 Å². The number of carbonyl (C=O) groups excluding carboxylic acids is 1. The van der Waals surface area contributed by atoms with Crippen LogP contribution in [0.3, 0.4) is 0 Å². The highest BCUT2D eigenvalue weighted by atomic mass is 16.1. The van der Waals surface area contributed by atoms with Crippen molar-refractivity contribution in [3.63, 3.8) is 0 Å². The van der Waals surface area contributed by atoms with Gasteiger partial charge >= 0.3 is 0 Å². The number of hydrogen-bond donors (Lipinski definition) is 0. The number of anilines is 1. The zero-order chi connectivity index (χ0) is 9.10. The predicted molar refractivity (Wildman–Crippen MR) is 50.3 cm³/mol. The number of aromatic nitrogens is 1. The number of pyridine rings is 1. The Kier molecular flexibility index (Phi) is 2.08. The fourth-order valence-electron chi connectivity index (χ4n) is 1.31. The van der Waals surface area contributed by atoms with Crippen LogP contribution in [0.15, 0.2) is 36.8 Å². The molecular formula is C10H10N2O. The molecule has 1 aliphatic rings. The Hall–Kier alpha value is -1.64. The topological polar surface area (TPSA) is 33.2 Å². The van der Waals surface area contributed by atoms with Gasteiger partial charge in [0.05, 0.1) is 0 Å². The third-order valence-corrected chi connectivity index (χ3v) is 2.03. The van der Waals surface area contributed by atoms with Crippen LogP contribution in [0.4, 0.5) is 5.69 Å². The van der Waals surface area contributed by atoms with E-state index in [1.807, 2.05) is 23.2 Å². The first kappa shape index (κ1) is 7.98. The SMILES string of the molecule is O=C1C=CN(c2ccncc2)CC1. The molecule has 13 heavy (non-hydrogen) atoms. The number of hydrogen-bond acceptors (Lipinski definition) is 3. The Labute approximate surface area is 76.7 Å². The van der Waals surface area contributed by atoms with Crippen molar-refractivity contribution in [3.8, 4) is 0 Å². The Morgan fingerprint density at radius 1 is 1.31 bits per heavy atom. The van der Waals surface area contributed by atoms with Crippen molar-refractivity contribution in [1.82, 2.24) is 4.98 Å². The zero-order valence-electron chi connectivity index (χ0n) is 7.18. The van der Waals surface area contributed by atoms with E-state index >= 15 is 0 Å². The molecule has 2 heterocycles. The van der Waals surface area contributed by atoms with Gasteiger partial charge in [-0.25, -0.2) is 0 Å². The first-order valence-corrected chi connectivity index (χ1v) is 4.24. The molecular weight excluding hydrogens is 164 g/mol. The quantitative estimate of drug-likeness (QED) is 0.644. The van der Waals surface area contributed by atoms with Crippen LogP contribution in [0.1, 0.15) is 6.42 Å². The van der Waals surface area contributed by atoms with Gasteiger partial charge in [-0.2, -0.15) is 0 Å². The molecule has 1 aromatic rings. The third kappa shape index (κ3) is 1.75. The Balaban J connectivity index is 2.20. The summed E-state index contributed by atoms with van der Waals surface area (Å²) in [5, 5.41) is 0. The fraction of sp³-hybridized carbons (Fsp3) is 0.200. The highest BCUT2D eigenvalue weighted by Gasteiger charge is 2.09. The van der Waals surface area contributed by atoms with Crippen LogP contribution >= 0.6 is 0 Å². The van der Waals surface area contributed by atoms with Crippen molar-refractivity contribution in [1.29, 1.82) is 0 Å². The van der Waals surface area contributed by atoms with E-state index in [1.165, 1.54) is 0 Å². The second-order valence-corrected chi connectivity index (χ2v) is 2.93. The summed E-state index contributed by atoms with van der Waals surface area (Å²) in [7, 11) is 0. The summed E-state index contributed by atoms with van der Waals surface area (Å²) in [6.07, 6.45) is 7.53. The molecule has 0 spiro atoms. The van der Waals surface area contributed by atoms with Gasteiger partial charge in [0.15, 0.2) is 5.78 Å². The highest BCUT2D eigenvalue weighted by molar-refractivity contribution is 5.91. The van der Waals surface area contributed by atoms with Gasteiger partial charge in [0.1, 0.15) is 0 Å². The number of ketones is 1. The lowest BCUT2D eigenvalue weighted by atomic mass is 10.2. The molecule has 1 aromatic heterocycles. The van der Waals surface area contributed by atoms with Crippen LogP contribution in [0.25, 0.3) is 0 Å². The van der Waals surface area contributed by atoms with Crippen molar-refractivity contribution in [3.05, 3.63) is 36.8 Å². The van der Waals surface area contributed by atoms with Gasteiger partial charge in [-0.1, -0.05) is 0 Å². The Bertz CT molecular complexity index is 332. The summed E-state index contributed by atoms with van der Waals surface area (Å²) < 4.78 is 0. The maximum absolute atomic E-state index is 10.9. The standard InChI is InChI=1S/C10H10N2O/c13-10-3-7-12(8-4-10)9-1-5-11-6-2-9/h1-3,5-7H,4,8H2. The summed E-state index contributed by atoms with van der Waals surface area (Å²) in [5.74, 6) is 0.199. The zero-order valence-corrected chi connectivity index (χ0v) is 7.18. The number of carbonyl (C=O) groups is 1. The smallest absolute Gasteiger partial charge is 0.158 e. The molecule has 3 heteroatoms. The van der Waals surface area contributed by atoms with E-state index in [4.69, 9.17) is 0 Å². The summed E-state index contributed by atoms with van der Waals surface area (Å²) in [6, 6.07) is 3.86. The predicted octanol–water partition coefficient (Wildman–Crippen LogP) is 1.37. The van der Waals surface area contributed by atoms with Gasteiger partial charge in [-0.05, 0) is 18.2 Å². The van der Waals surface area contributed by atoms with E-state index in [1.54, 1.807) is 18.5 Å². The maximum atomic E-state index is 10.9. The number of nitrogens with zero attached hydrogens (tertiary/aromatic N) is 2. The van der Waals surface area contributed by atoms with Crippen molar-refractivity contribution in [2.24, 2.45) is 0 Å². The van der Waals surface area contributed by atoms with E-state index in [2.05, 4.69) is 4.98 Å². The summed E-state index contributed by atoms with van der Waals surface area (Å²) in [6.45, 7) is 0.763. The van der Waals surface area contributed by atoms with E-state index in [9.17, 15) is 4.79 Å². The van der Waals surface area contributed by atoms with Gasteiger partial charge in [-0.15, -0.1) is 0 Å². The van der Waals surface area contributed by atoms with Gasteiger partial charge < -0.3 is 4.90 Å². The molecule has 2 rings (SSSR count). The molecule has 0 aromatic carbocycles. The van der Waals surface area contributed by atoms with E-state index < -0.39 is 0 Å².